The van der Waals surface area contributed by atoms with Crippen LogP contribution in [0.5, 0.6) is 11.5 Å². The Labute approximate surface area is 119 Å². The maximum absolute atomic E-state index is 5.83. The lowest BCUT2D eigenvalue weighted by Gasteiger charge is -2.12. The van der Waals surface area contributed by atoms with Crippen molar-refractivity contribution in [3.8, 4) is 11.5 Å². The van der Waals surface area contributed by atoms with Gasteiger partial charge in [-0.15, -0.1) is 0 Å². The van der Waals surface area contributed by atoms with Crippen LogP contribution < -0.4 is 14.8 Å². The first-order valence-corrected chi connectivity index (χ1v) is 6.69. The Morgan fingerprint density at radius 2 is 1.95 bits per heavy atom. The molecule has 106 valence electrons. The highest BCUT2D eigenvalue weighted by atomic mass is 16.5. The van der Waals surface area contributed by atoms with Crippen LogP contribution in [0.15, 0.2) is 36.5 Å². The number of ether oxygens (including phenoxy) is 2. The fourth-order valence-electron chi connectivity index (χ4n) is 1.91. The Balaban J connectivity index is 2.10. The van der Waals surface area contributed by atoms with Crippen molar-refractivity contribution in [3.63, 3.8) is 0 Å². The molecule has 0 saturated carbocycles. The molecule has 1 N–H and O–H groups in total. The van der Waals surface area contributed by atoms with E-state index in [-0.39, 0.29) is 0 Å². The van der Waals surface area contributed by atoms with Gasteiger partial charge in [-0.2, -0.15) is 0 Å². The van der Waals surface area contributed by atoms with Gasteiger partial charge >= 0.3 is 0 Å². The van der Waals surface area contributed by atoms with Crippen molar-refractivity contribution < 1.29 is 9.47 Å². The van der Waals surface area contributed by atoms with E-state index in [0.717, 1.165) is 29.3 Å². The average Bonchev–Trinajstić information content (AvgIpc) is 2.52. The van der Waals surface area contributed by atoms with Gasteiger partial charge in [0.05, 0.1) is 7.11 Å². The van der Waals surface area contributed by atoms with Crippen LogP contribution in [0.1, 0.15) is 18.1 Å². The lowest BCUT2D eigenvalue weighted by Crippen LogP contribution is -2.00. The second-order valence-electron chi connectivity index (χ2n) is 4.43. The van der Waals surface area contributed by atoms with E-state index in [4.69, 9.17) is 9.47 Å². The van der Waals surface area contributed by atoms with Gasteiger partial charge in [-0.3, -0.25) is 0 Å². The van der Waals surface area contributed by atoms with Crippen molar-refractivity contribution in [3.05, 3.63) is 47.7 Å². The Morgan fingerprint density at radius 1 is 1.10 bits per heavy atom. The molecular weight excluding hydrogens is 252 g/mol. The highest BCUT2D eigenvalue weighted by Gasteiger charge is 2.06. The number of aryl methyl sites for hydroxylation is 1. The zero-order valence-corrected chi connectivity index (χ0v) is 12.1. The third-order valence-corrected chi connectivity index (χ3v) is 3.11. The van der Waals surface area contributed by atoms with Gasteiger partial charge in [0.2, 0.25) is 0 Å². The molecule has 4 heteroatoms. The standard InChI is InChI=1S/C16H20N2O2/c1-4-12-5-6-14(15(9-12)19-3)20-11-13-7-8-18-16(10-13)17-2/h5-10H,4,11H2,1-3H3,(H,17,18). The number of nitrogens with zero attached hydrogens (tertiary/aromatic N) is 1. The van der Waals surface area contributed by atoms with E-state index >= 15 is 0 Å². The highest BCUT2D eigenvalue weighted by Crippen LogP contribution is 2.29. The summed E-state index contributed by atoms with van der Waals surface area (Å²) >= 11 is 0. The fraction of sp³-hybridized carbons (Fsp3) is 0.312. The molecule has 0 saturated heterocycles. The summed E-state index contributed by atoms with van der Waals surface area (Å²) < 4.78 is 11.2. The minimum absolute atomic E-state index is 0.485. The topological polar surface area (TPSA) is 43.4 Å². The molecule has 2 aromatic rings. The molecule has 0 bridgehead atoms. The number of pyridine rings is 1. The molecule has 0 spiro atoms. The predicted molar refractivity (Wildman–Crippen MR) is 80.5 cm³/mol. The molecule has 0 aliphatic carbocycles. The number of aromatic nitrogens is 1. The van der Waals surface area contributed by atoms with Crippen molar-refractivity contribution in [1.29, 1.82) is 0 Å². The third-order valence-electron chi connectivity index (χ3n) is 3.11. The summed E-state index contributed by atoms with van der Waals surface area (Å²) in [6.07, 6.45) is 2.74. The summed E-state index contributed by atoms with van der Waals surface area (Å²) in [6, 6.07) is 9.93. The molecule has 4 nitrogen and oxygen atoms in total. The second-order valence-corrected chi connectivity index (χ2v) is 4.43. The van der Waals surface area contributed by atoms with Crippen LogP contribution >= 0.6 is 0 Å². The van der Waals surface area contributed by atoms with Crippen LogP contribution in [0.3, 0.4) is 0 Å². The molecule has 0 aliphatic rings. The smallest absolute Gasteiger partial charge is 0.161 e. The molecule has 1 heterocycles. The van der Waals surface area contributed by atoms with E-state index in [9.17, 15) is 0 Å². The number of hydrogen-bond acceptors (Lipinski definition) is 4. The van der Waals surface area contributed by atoms with E-state index in [1.165, 1.54) is 5.56 Å². The Bertz CT molecular complexity index is 570. The van der Waals surface area contributed by atoms with Crippen LogP contribution in [-0.2, 0) is 13.0 Å². The summed E-state index contributed by atoms with van der Waals surface area (Å²) in [5, 5.41) is 3.01. The van der Waals surface area contributed by atoms with Gasteiger partial charge in [0.25, 0.3) is 0 Å². The van der Waals surface area contributed by atoms with Gasteiger partial charge in [0, 0.05) is 13.2 Å². The van der Waals surface area contributed by atoms with E-state index in [1.807, 2.05) is 31.3 Å². The van der Waals surface area contributed by atoms with Gasteiger partial charge < -0.3 is 14.8 Å². The first kappa shape index (κ1) is 14.2. The Hall–Kier alpha value is -2.23. The van der Waals surface area contributed by atoms with Gasteiger partial charge in [-0.25, -0.2) is 4.98 Å². The third kappa shape index (κ3) is 3.41. The van der Waals surface area contributed by atoms with E-state index in [0.29, 0.717) is 6.61 Å². The zero-order valence-electron chi connectivity index (χ0n) is 12.1. The highest BCUT2D eigenvalue weighted by molar-refractivity contribution is 5.43. The van der Waals surface area contributed by atoms with E-state index in [1.54, 1.807) is 13.3 Å². The number of benzene rings is 1. The molecule has 2 rings (SSSR count). The first-order valence-electron chi connectivity index (χ1n) is 6.69. The first-order chi connectivity index (χ1) is 9.76. The average molecular weight is 272 g/mol. The van der Waals surface area contributed by atoms with Crippen molar-refractivity contribution >= 4 is 5.82 Å². The molecule has 0 aliphatic heterocycles. The van der Waals surface area contributed by atoms with E-state index in [2.05, 4.69) is 23.3 Å². The molecule has 0 radical (unpaired) electrons. The SMILES string of the molecule is CCc1ccc(OCc2ccnc(NC)c2)c(OC)c1. The molecule has 1 aromatic heterocycles. The van der Waals surface area contributed by atoms with Crippen molar-refractivity contribution in [1.82, 2.24) is 4.98 Å². The van der Waals surface area contributed by atoms with Crippen LogP contribution in [0.4, 0.5) is 5.82 Å². The molecule has 0 atom stereocenters. The number of methoxy groups -OCH3 is 1. The lowest BCUT2D eigenvalue weighted by molar-refractivity contribution is 0.284. The summed E-state index contributed by atoms with van der Waals surface area (Å²) in [7, 11) is 3.51. The molecular formula is C16H20N2O2. The van der Waals surface area contributed by atoms with Gasteiger partial charge in [0.15, 0.2) is 11.5 Å². The number of nitrogens with one attached hydrogen (secondary N) is 1. The summed E-state index contributed by atoms with van der Waals surface area (Å²) in [5.41, 5.74) is 2.29. The van der Waals surface area contributed by atoms with Gasteiger partial charge in [-0.1, -0.05) is 13.0 Å². The monoisotopic (exact) mass is 272 g/mol. The molecule has 20 heavy (non-hydrogen) atoms. The van der Waals surface area contributed by atoms with Crippen LogP contribution in [-0.4, -0.2) is 19.1 Å². The van der Waals surface area contributed by atoms with Crippen LogP contribution in [0.2, 0.25) is 0 Å². The van der Waals surface area contributed by atoms with E-state index < -0.39 is 0 Å². The number of anilines is 1. The molecule has 0 unspecified atom stereocenters. The van der Waals surface area contributed by atoms with Gasteiger partial charge in [0.1, 0.15) is 12.4 Å². The minimum atomic E-state index is 0.485. The Kier molecular flexibility index (Phi) is 4.82. The van der Waals surface area contributed by atoms with Gasteiger partial charge in [-0.05, 0) is 41.8 Å². The zero-order chi connectivity index (χ0) is 14.4. The normalized spacial score (nSPS) is 10.2. The molecule has 0 amide bonds. The second kappa shape index (κ2) is 6.80. The summed E-state index contributed by atoms with van der Waals surface area (Å²) in [6.45, 7) is 2.60. The maximum Gasteiger partial charge on any atom is 0.161 e. The minimum Gasteiger partial charge on any atom is -0.493 e. The molecule has 0 fully saturated rings. The Morgan fingerprint density at radius 3 is 2.65 bits per heavy atom. The predicted octanol–water partition coefficient (Wildman–Crippen LogP) is 3.27. The number of rotatable bonds is 6. The summed E-state index contributed by atoms with van der Waals surface area (Å²) in [5.74, 6) is 2.36. The lowest BCUT2D eigenvalue weighted by atomic mass is 10.1. The van der Waals surface area contributed by atoms with Crippen LogP contribution in [0.25, 0.3) is 0 Å². The maximum atomic E-state index is 5.83. The summed E-state index contributed by atoms with van der Waals surface area (Å²) in [4.78, 5) is 4.18. The quantitative estimate of drug-likeness (QED) is 0.876. The van der Waals surface area contributed by atoms with Crippen molar-refractivity contribution in [2.75, 3.05) is 19.5 Å². The van der Waals surface area contributed by atoms with Crippen molar-refractivity contribution in [2.24, 2.45) is 0 Å². The molecule has 1 aromatic carbocycles. The van der Waals surface area contributed by atoms with Crippen molar-refractivity contribution in [2.45, 2.75) is 20.0 Å². The largest absolute Gasteiger partial charge is 0.493 e. The number of hydrogen-bond donors (Lipinski definition) is 1. The fourth-order valence-corrected chi connectivity index (χ4v) is 1.91. The van der Waals surface area contributed by atoms with Crippen LogP contribution in [0, 0.1) is 0 Å².